The van der Waals surface area contributed by atoms with Gasteiger partial charge in [-0.15, -0.1) is 11.3 Å². The van der Waals surface area contributed by atoms with Crippen LogP contribution in [0.2, 0.25) is 0 Å². The van der Waals surface area contributed by atoms with Crippen LogP contribution in [0.25, 0.3) is 21.7 Å². The molecule has 0 amide bonds. The van der Waals surface area contributed by atoms with Crippen molar-refractivity contribution >= 4 is 48.5 Å². The van der Waals surface area contributed by atoms with Gasteiger partial charge < -0.3 is 0 Å². The first-order valence-corrected chi connectivity index (χ1v) is 10.8. The zero-order valence-electron chi connectivity index (χ0n) is 13.8. The SMILES string of the molecule is Cc1ccc(S(=O)(=O)n2cc(-c3nc(Br)cs3)c3ncc(C)nc32)cc1. The number of hydrogen-bond acceptors (Lipinski definition) is 6. The predicted octanol–water partition coefficient (Wildman–Crippen LogP) is 4.17. The molecule has 4 rings (SSSR count). The van der Waals surface area contributed by atoms with E-state index in [1.807, 2.05) is 12.3 Å². The number of halogens is 1. The molecule has 4 aromatic rings. The van der Waals surface area contributed by atoms with E-state index in [2.05, 4.69) is 30.9 Å². The fraction of sp³-hybridized carbons (Fsp3) is 0.118. The second-order valence-corrected chi connectivity index (χ2v) is 9.30. The zero-order chi connectivity index (χ0) is 18.5. The van der Waals surface area contributed by atoms with E-state index in [-0.39, 0.29) is 4.90 Å². The highest BCUT2D eigenvalue weighted by molar-refractivity contribution is 9.10. The number of benzene rings is 1. The third kappa shape index (κ3) is 2.85. The highest BCUT2D eigenvalue weighted by atomic mass is 79.9. The number of fused-ring (bicyclic) bond motifs is 1. The van der Waals surface area contributed by atoms with Gasteiger partial charge in [-0.05, 0) is 41.9 Å². The summed E-state index contributed by atoms with van der Waals surface area (Å²) in [7, 11) is -3.80. The minimum atomic E-state index is -3.80. The summed E-state index contributed by atoms with van der Waals surface area (Å²) >= 11 is 4.74. The average molecular weight is 449 g/mol. The molecule has 0 N–H and O–H groups in total. The van der Waals surface area contributed by atoms with Crippen molar-refractivity contribution in [2.24, 2.45) is 0 Å². The van der Waals surface area contributed by atoms with Crippen LogP contribution >= 0.6 is 27.3 Å². The Balaban J connectivity index is 2.01. The molecular weight excluding hydrogens is 436 g/mol. The van der Waals surface area contributed by atoms with Gasteiger partial charge in [0.15, 0.2) is 5.65 Å². The van der Waals surface area contributed by atoms with E-state index < -0.39 is 10.0 Å². The molecule has 0 fully saturated rings. The number of nitrogens with zero attached hydrogens (tertiary/aromatic N) is 4. The third-order valence-electron chi connectivity index (χ3n) is 3.87. The van der Waals surface area contributed by atoms with Gasteiger partial charge in [-0.25, -0.2) is 22.4 Å². The summed E-state index contributed by atoms with van der Waals surface area (Å²) in [6.45, 7) is 3.69. The van der Waals surface area contributed by atoms with Gasteiger partial charge in [-0.3, -0.25) is 4.98 Å². The Labute approximate surface area is 162 Å². The van der Waals surface area contributed by atoms with Crippen molar-refractivity contribution in [2.45, 2.75) is 18.7 Å². The lowest BCUT2D eigenvalue weighted by Gasteiger charge is -2.07. The van der Waals surface area contributed by atoms with Gasteiger partial charge in [0.1, 0.15) is 15.1 Å². The summed E-state index contributed by atoms with van der Waals surface area (Å²) < 4.78 is 28.3. The van der Waals surface area contributed by atoms with Gasteiger partial charge in [0.2, 0.25) is 0 Å². The van der Waals surface area contributed by atoms with Gasteiger partial charge in [-0.1, -0.05) is 17.7 Å². The molecule has 6 nitrogen and oxygen atoms in total. The lowest BCUT2D eigenvalue weighted by molar-refractivity contribution is 0.588. The molecule has 0 unspecified atom stereocenters. The lowest BCUT2D eigenvalue weighted by Crippen LogP contribution is -2.12. The Morgan fingerprint density at radius 1 is 1.12 bits per heavy atom. The van der Waals surface area contributed by atoms with E-state index in [0.717, 1.165) is 5.56 Å². The summed E-state index contributed by atoms with van der Waals surface area (Å²) in [5.41, 5.74) is 3.08. The molecule has 0 saturated carbocycles. The topological polar surface area (TPSA) is 77.7 Å². The zero-order valence-corrected chi connectivity index (χ0v) is 17.1. The van der Waals surface area contributed by atoms with Crippen LogP contribution in [0.15, 0.2) is 51.5 Å². The summed E-state index contributed by atoms with van der Waals surface area (Å²) in [5, 5.41) is 2.52. The maximum absolute atomic E-state index is 13.2. The first kappa shape index (κ1) is 17.3. The quantitative estimate of drug-likeness (QED) is 0.469. The highest BCUT2D eigenvalue weighted by Gasteiger charge is 2.24. The minimum absolute atomic E-state index is 0.204. The highest BCUT2D eigenvalue weighted by Crippen LogP contribution is 2.33. The summed E-state index contributed by atoms with van der Waals surface area (Å²) in [4.78, 5) is 13.4. The maximum atomic E-state index is 13.2. The van der Waals surface area contributed by atoms with Gasteiger partial charge in [0.05, 0.1) is 16.2 Å². The van der Waals surface area contributed by atoms with Gasteiger partial charge in [-0.2, -0.15) is 0 Å². The Hall–Kier alpha value is -2.10. The summed E-state index contributed by atoms with van der Waals surface area (Å²) in [6.07, 6.45) is 3.17. The normalized spacial score (nSPS) is 12.0. The molecule has 1 aromatic carbocycles. The van der Waals surface area contributed by atoms with Crippen molar-refractivity contribution in [3.63, 3.8) is 0 Å². The van der Waals surface area contributed by atoms with Crippen molar-refractivity contribution < 1.29 is 8.42 Å². The Morgan fingerprint density at radius 3 is 2.50 bits per heavy atom. The molecule has 0 aliphatic heterocycles. The minimum Gasteiger partial charge on any atom is -0.250 e. The molecular formula is C17H13BrN4O2S2. The van der Waals surface area contributed by atoms with Crippen molar-refractivity contribution in [3.05, 3.63) is 57.9 Å². The number of rotatable bonds is 3. The molecule has 26 heavy (non-hydrogen) atoms. The van der Waals surface area contributed by atoms with Crippen LogP contribution in [0.4, 0.5) is 0 Å². The van der Waals surface area contributed by atoms with Crippen LogP contribution in [0, 0.1) is 13.8 Å². The fourth-order valence-corrected chi connectivity index (χ4v) is 5.16. The van der Waals surface area contributed by atoms with E-state index in [9.17, 15) is 8.42 Å². The van der Waals surface area contributed by atoms with E-state index in [4.69, 9.17) is 0 Å². The Morgan fingerprint density at radius 2 is 1.85 bits per heavy atom. The maximum Gasteiger partial charge on any atom is 0.269 e. The summed E-state index contributed by atoms with van der Waals surface area (Å²) in [5.74, 6) is 0. The van der Waals surface area contributed by atoms with Crippen LogP contribution in [0.1, 0.15) is 11.3 Å². The second-order valence-electron chi connectivity index (χ2n) is 5.82. The first-order chi connectivity index (χ1) is 12.4. The molecule has 132 valence electrons. The van der Waals surface area contributed by atoms with E-state index in [1.54, 1.807) is 43.6 Å². The van der Waals surface area contributed by atoms with Crippen LogP contribution in [-0.2, 0) is 10.0 Å². The van der Waals surface area contributed by atoms with Crippen LogP contribution in [0.5, 0.6) is 0 Å². The molecule has 0 atom stereocenters. The van der Waals surface area contributed by atoms with Gasteiger partial charge >= 0.3 is 0 Å². The van der Waals surface area contributed by atoms with E-state index in [0.29, 0.717) is 32.0 Å². The molecule has 0 aliphatic rings. The predicted molar refractivity (Wildman–Crippen MR) is 105 cm³/mol. The lowest BCUT2D eigenvalue weighted by atomic mass is 10.2. The van der Waals surface area contributed by atoms with E-state index in [1.165, 1.54) is 15.3 Å². The van der Waals surface area contributed by atoms with Crippen LogP contribution in [-0.4, -0.2) is 27.3 Å². The first-order valence-electron chi connectivity index (χ1n) is 7.64. The molecule has 0 spiro atoms. The smallest absolute Gasteiger partial charge is 0.250 e. The Bertz CT molecular complexity index is 1230. The number of hydrogen-bond donors (Lipinski definition) is 0. The van der Waals surface area contributed by atoms with Crippen LogP contribution in [0.3, 0.4) is 0 Å². The summed E-state index contributed by atoms with van der Waals surface area (Å²) in [6, 6.07) is 6.74. The van der Waals surface area contributed by atoms with E-state index >= 15 is 0 Å². The monoisotopic (exact) mass is 448 g/mol. The number of aryl methyl sites for hydroxylation is 2. The van der Waals surface area contributed by atoms with Crippen molar-refractivity contribution in [2.75, 3.05) is 0 Å². The second kappa shape index (κ2) is 6.26. The molecule has 9 heteroatoms. The van der Waals surface area contributed by atoms with Crippen molar-refractivity contribution in [1.82, 2.24) is 18.9 Å². The fourth-order valence-electron chi connectivity index (χ4n) is 2.59. The van der Waals surface area contributed by atoms with Gasteiger partial charge in [0.25, 0.3) is 10.0 Å². The largest absolute Gasteiger partial charge is 0.269 e. The molecule has 0 saturated heterocycles. The number of aromatic nitrogens is 4. The van der Waals surface area contributed by atoms with Crippen LogP contribution < -0.4 is 0 Å². The molecule has 0 aliphatic carbocycles. The molecule has 0 bridgehead atoms. The molecule has 0 radical (unpaired) electrons. The number of thiazole rings is 1. The van der Waals surface area contributed by atoms with Gasteiger partial charge in [0, 0.05) is 17.8 Å². The van der Waals surface area contributed by atoms with Crippen molar-refractivity contribution in [3.8, 4) is 10.6 Å². The Kier molecular flexibility index (Phi) is 4.17. The molecule has 3 aromatic heterocycles. The van der Waals surface area contributed by atoms with Crippen molar-refractivity contribution in [1.29, 1.82) is 0 Å². The molecule has 3 heterocycles. The third-order valence-corrected chi connectivity index (χ3v) is 7.12. The standard InChI is InChI=1S/C17H13BrN4O2S2/c1-10-3-5-12(6-4-10)26(23,24)22-8-13(17-21-14(18)9-25-17)15-16(22)20-11(2)7-19-15/h3-9H,1-2H3. The average Bonchev–Trinajstić information content (AvgIpc) is 3.18.